The lowest BCUT2D eigenvalue weighted by Crippen LogP contribution is -2.29. The van der Waals surface area contributed by atoms with Gasteiger partial charge < -0.3 is 13.9 Å². The Labute approximate surface area is 199 Å². The summed E-state index contributed by atoms with van der Waals surface area (Å²) in [7, 11) is -1.28. The van der Waals surface area contributed by atoms with E-state index in [1.807, 2.05) is 0 Å². The molecule has 0 spiro atoms. The van der Waals surface area contributed by atoms with Gasteiger partial charge >= 0.3 is 0 Å². The number of methoxy groups -OCH3 is 2. The first-order valence-electron chi connectivity index (χ1n) is 10.2. The maximum Gasteiger partial charge on any atom is 0.245 e. The molecular weight excluding hydrogens is 483 g/mol. The number of hydrogen-bond donors (Lipinski definition) is 1. The van der Waals surface area contributed by atoms with Crippen LogP contribution >= 0.6 is 0 Å². The zero-order valence-corrected chi connectivity index (χ0v) is 19.9. The van der Waals surface area contributed by atoms with Crippen molar-refractivity contribution < 1.29 is 26.7 Å². The van der Waals surface area contributed by atoms with Crippen LogP contribution in [0.25, 0.3) is 17.3 Å². The number of furan rings is 1. The average molecular weight is 505 g/mol. The van der Waals surface area contributed by atoms with E-state index in [0.717, 1.165) is 12.4 Å². The molecule has 4 heterocycles. The van der Waals surface area contributed by atoms with Gasteiger partial charge in [0.1, 0.15) is 17.9 Å². The fraction of sp³-hybridized carbons (Fsp3) is 0.300. The quantitative estimate of drug-likeness (QED) is 0.355. The smallest absolute Gasteiger partial charge is 0.245 e. The van der Waals surface area contributed by atoms with Gasteiger partial charge in [-0.2, -0.15) is 9.97 Å². The summed E-state index contributed by atoms with van der Waals surface area (Å²) in [6.07, 6.45) is 3.10. The van der Waals surface area contributed by atoms with E-state index in [0.29, 0.717) is 11.5 Å². The third-order valence-corrected chi connectivity index (χ3v) is 6.59. The van der Waals surface area contributed by atoms with Gasteiger partial charge in [0.2, 0.25) is 33.6 Å². The molecule has 4 aromatic heterocycles. The van der Waals surface area contributed by atoms with Crippen molar-refractivity contribution in [3.05, 3.63) is 48.3 Å². The zero-order chi connectivity index (χ0) is 25.2. The van der Waals surface area contributed by atoms with Crippen molar-refractivity contribution in [3.8, 4) is 29.0 Å². The number of sulfonamides is 1. The van der Waals surface area contributed by atoms with Crippen molar-refractivity contribution in [1.82, 2.24) is 34.7 Å². The van der Waals surface area contributed by atoms with Gasteiger partial charge in [0.25, 0.3) is 0 Å². The Balaban J connectivity index is 1.79. The highest BCUT2D eigenvalue weighted by atomic mass is 32.2. The van der Waals surface area contributed by atoms with E-state index in [1.165, 1.54) is 32.0 Å². The molecule has 4 aromatic rings. The minimum Gasteiger partial charge on any atom is -0.479 e. The van der Waals surface area contributed by atoms with Gasteiger partial charge in [-0.15, -0.1) is 10.2 Å². The van der Waals surface area contributed by atoms with E-state index in [9.17, 15) is 12.8 Å². The molecule has 0 amide bonds. The molecule has 15 heteroatoms. The standard InChI is InChI=1S/C20H21FN8O5S/c1-11-5-6-14(34-11)17-26-27-20(29(17)16-18(32-3)24-10-25-19(16)33-4)28-35(30,31)12(2)7-15-22-8-13(21)9-23-15/h5-6,8-10,12H,7H2,1-4H3,(H,27,28). The van der Waals surface area contributed by atoms with Crippen LogP contribution in [0.5, 0.6) is 11.8 Å². The molecule has 0 fully saturated rings. The first-order valence-corrected chi connectivity index (χ1v) is 11.7. The molecule has 13 nitrogen and oxygen atoms in total. The van der Waals surface area contributed by atoms with Crippen LogP contribution in [-0.4, -0.2) is 62.6 Å². The summed E-state index contributed by atoms with van der Waals surface area (Å²) in [5.41, 5.74) is 0.152. The highest BCUT2D eigenvalue weighted by Crippen LogP contribution is 2.35. The Bertz CT molecular complexity index is 1420. The summed E-state index contributed by atoms with van der Waals surface area (Å²) in [6, 6.07) is 3.38. The third-order valence-electron chi connectivity index (χ3n) is 4.90. The molecule has 0 aliphatic heterocycles. The van der Waals surface area contributed by atoms with Gasteiger partial charge in [0, 0.05) is 6.42 Å². The van der Waals surface area contributed by atoms with Gasteiger partial charge in [-0.1, -0.05) is 0 Å². The van der Waals surface area contributed by atoms with Crippen molar-refractivity contribution in [3.63, 3.8) is 0 Å². The maximum absolute atomic E-state index is 13.2. The molecule has 1 atom stereocenters. The summed E-state index contributed by atoms with van der Waals surface area (Å²) < 4.78 is 59.6. The second-order valence-corrected chi connectivity index (χ2v) is 9.41. The summed E-state index contributed by atoms with van der Waals surface area (Å²) in [4.78, 5) is 15.8. The predicted molar refractivity (Wildman–Crippen MR) is 120 cm³/mol. The number of aromatic nitrogens is 7. The van der Waals surface area contributed by atoms with Gasteiger partial charge in [0.05, 0.1) is 31.9 Å². The Morgan fingerprint density at radius 3 is 2.31 bits per heavy atom. The number of halogens is 1. The molecule has 4 rings (SSSR count). The van der Waals surface area contributed by atoms with E-state index >= 15 is 0 Å². The van der Waals surface area contributed by atoms with Crippen molar-refractivity contribution in [1.29, 1.82) is 0 Å². The number of hydrogen-bond acceptors (Lipinski definition) is 11. The molecule has 0 bridgehead atoms. The van der Waals surface area contributed by atoms with Crippen LogP contribution in [0.4, 0.5) is 10.3 Å². The highest BCUT2D eigenvalue weighted by molar-refractivity contribution is 7.93. The summed E-state index contributed by atoms with van der Waals surface area (Å²) in [5, 5.41) is 7.14. The molecule has 0 saturated carbocycles. The Kier molecular flexibility index (Phi) is 6.59. The molecule has 0 radical (unpaired) electrons. The minimum atomic E-state index is -4.06. The monoisotopic (exact) mass is 504 g/mol. The van der Waals surface area contributed by atoms with Crippen LogP contribution in [0.1, 0.15) is 18.5 Å². The number of aryl methyl sites for hydroxylation is 1. The SMILES string of the molecule is COc1ncnc(OC)c1-n1c(NS(=O)(=O)C(C)Cc2ncc(F)cn2)nnc1-c1ccc(C)o1. The number of nitrogens with one attached hydrogen (secondary N) is 1. The van der Waals surface area contributed by atoms with E-state index in [4.69, 9.17) is 13.9 Å². The van der Waals surface area contributed by atoms with Crippen LogP contribution in [0.15, 0.2) is 35.3 Å². The molecule has 0 aliphatic carbocycles. The van der Waals surface area contributed by atoms with E-state index in [1.54, 1.807) is 19.1 Å². The van der Waals surface area contributed by atoms with Crippen LogP contribution < -0.4 is 14.2 Å². The second-order valence-electron chi connectivity index (χ2n) is 7.31. The van der Waals surface area contributed by atoms with E-state index in [-0.39, 0.29) is 41.5 Å². The Hall–Kier alpha value is -4.14. The lowest BCUT2D eigenvalue weighted by atomic mass is 10.3. The van der Waals surface area contributed by atoms with Crippen molar-refractivity contribution in [2.45, 2.75) is 25.5 Å². The van der Waals surface area contributed by atoms with Gasteiger partial charge in [0.15, 0.2) is 17.3 Å². The van der Waals surface area contributed by atoms with Crippen LogP contribution in [0, 0.1) is 12.7 Å². The lowest BCUT2D eigenvalue weighted by molar-refractivity contribution is 0.368. The summed E-state index contributed by atoms with van der Waals surface area (Å²) in [5.74, 6) is 0.572. The summed E-state index contributed by atoms with van der Waals surface area (Å²) in [6.45, 7) is 3.21. The average Bonchev–Trinajstić information content (AvgIpc) is 3.45. The van der Waals surface area contributed by atoms with Crippen LogP contribution in [-0.2, 0) is 16.4 Å². The van der Waals surface area contributed by atoms with Crippen LogP contribution in [0.3, 0.4) is 0 Å². The first kappa shape index (κ1) is 24.0. The molecule has 0 saturated heterocycles. The van der Waals surface area contributed by atoms with E-state index < -0.39 is 21.1 Å². The van der Waals surface area contributed by atoms with Gasteiger partial charge in [-0.3, -0.25) is 4.72 Å². The minimum absolute atomic E-state index is 0.0743. The molecule has 1 N–H and O–H groups in total. The zero-order valence-electron chi connectivity index (χ0n) is 19.1. The number of nitrogens with zero attached hydrogens (tertiary/aromatic N) is 7. The number of anilines is 1. The molecule has 184 valence electrons. The molecule has 35 heavy (non-hydrogen) atoms. The van der Waals surface area contributed by atoms with Gasteiger partial charge in [-0.05, 0) is 26.0 Å². The lowest BCUT2D eigenvalue weighted by Gasteiger charge is -2.17. The first-order chi connectivity index (χ1) is 16.7. The van der Waals surface area contributed by atoms with Crippen molar-refractivity contribution in [2.75, 3.05) is 18.9 Å². The largest absolute Gasteiger partial charge is 0.479 e. The second kappa shape index (κ2) is 9.61. The number of rotatable bonds is 9. The fourth-order valence-electron chi connectivity index (χ4n) is 3.15. The van der Waals surface area contributed by atoms with Gasteiger partial charge in [-0.25, -0.2) is 27.3 Å². The molecule has 0 aliphatic rings. The molecular formula is C20H21FN8O5S. The predicted octanol–water partition coefficient (Wildman–Crippen LogP) is 1.94. The fourth-order valence-corrected chi connectivity index (χ4v) is 4.11. The normalized spacial score (nSPS) is 12.4. The molecule has 1 unspecified atom stereocenters. The third kappa shape index (κ3) is 4.89. The highest BCUT2D eigenvalue weighted by Gasteiger charge is 2.30. The number of ether oxygens (including phenoxy) is 2. The van der Waals surface area contributed by atoms with Crippen molar-refractivity contribution in [2.24, 2.45) is 0 Å². The topological polar surface area (TPSA) is 160 Å². The Morgan fingerprint density at radius 2 is 1.74 bits per heavy atom. The maximum atomic E-state index is 13.2. The molecule has 0 aromatic carbocycles. The van der Waals surface area contributed by atoms with E-state index in [2.05, 4.69) is 34.9 Å². The van der Waals surface area contributed by atoms with Crippen molar-refractivity contribution >= 4 is 16.0 Å². The van der Waals surface area contributed by atoms with Crippen LogP contribution in [0.2, 0.25) is 0 Å². The Morgan fingerprint density at radius 1 is 1.09 bits per heavy atom. The summed E-state index contributed by atoms with van der Waals surface area (Å²) >= 11 is 0.